The highest BCUT2D eigenvalue weighted by molar-refractivity contribution is 6.68. The Hall–Kier alpha value is -0.0900. The summed E-state index contributed by atoms with van der Waals surface area (Å²) in [6, 6.07) is 7.82. The van der Waals surface area contributed by atoms with E-state index in [4.69, 9.17) is 69.6 Å². The van der Waals surface area contributed by atoms with Gasteiger partial charge >= 0.3 is 0 Å². The standard InChI is InChI=1S/C13H8Cl6N2/c14-8-3-1-7(2-4-8)11(13(17,18)19)21-12-10(16)5-9(15)6-20-12/h1-6,11H,(H,20,21). The van der Waals surface area contributed by atoms with Crippen LogP contribution in [0.3, 0.4) is 0 Å². The normalized spacial score (nSPS) is 13.0. The fourth-order valence-corrected chi connectivity index (χ4v) is 2.77. The Morgan fingerprint density at radius 1 is 0.952 bits per heavy atom. The lowest BCUT2D eigenvalue weighted by atomic mass is 10.1. The van der Waals surface area contributed by atoms with Gasteiger partial charge in [0.2, 0.25) is 3.79 Å². The zero-order valence-electron chi connectivity index (χ0n) is 10.3. The van der Waals surface area contributed by atoms with E-state index in [1.165, 1.54) is 6.20 Å². The third-order valence-corrected chi connectivity index (χ3v) is 4.02. The molecule has 2 aromatic rings. The van der Waals surface area contributed by atoms with Crippen molar-refractivity contribution in [3.05, 3.63) is 57.2 Å². The van der Waals surface area contributed by atoms with Gasteiger partial charge in [-0.2, -0.15) is 0 Å². The van der Waals surface area contributed by atoms with Crippen molar-refractivity contribution < 1.29 is 0 Å². The van der Waals surface area contributed by atoms with E-state index in [0.29, 0.717) is 20.9 Å². The second-order valence-corrected chi connectivity index (χ2v) is 7.80. The summed E-state index contributed by atoms with van der Waals surface area (Å²) in [5.74, 6) is 0.368. The molecule has 1 atom stereocenters. The average molecular weight is 405 g/mol. The Balaban J connectivity index is 2.35. The molecule has 1 N–H and O–H groups in total. The van der Waals surface area contributed by atoms with Crippen molar-refractivity contribution in [3.63, 3.8) is 0 Å². The van der Waals surface area contributed by atoms with E-state index < -0.39 is 9.83 Å². The molecule has 0 aliphatic rings. The summed E-state index contributed by atoms with van der Waals surface area (Å²) in [6.07, 6.45) is 1.45. The number of aromatic nitrogens is 1. The molecule has 0 fully saturated rings. The lowest BCUT2D eigenvalue weighted by molar-refractivity contribution is 0.800. The van der Waals surface area contributed by atoms with Gasteiger partial charge in [-0.15, -0.1) is 0 Å². The molecule has 0 saturated heterocycles. The van der Waals surface area contributed by atoms with Crippen LogP contribution in [0.15, 0.2) is 36.5 Å². The first-order chi connectivity index (χ1) is 9.77. The van der Waals surface area contributed by atoms with Crippen molar-refractivity contribution in [1.82, 2.24) is 4.98 Å². The Morgan fingerprint density at radius 2 is 1.57 bits per heavy atom. The third kappa shape index (κ3) is 4.69. The summed E-state index contributed by atoms with van der Waals surface area (Å²) in [5.41, 5.74) is 0.729. The molecule has 1 aromatic heterocycles. The van der Waals surface area contributed by atoms with Gasteiger partial charge < -0.3 is 5.32 Å². The third-order valence-electron chi connectivity index (χ3n) is 2.62. The smallest absolute Gasteiger partial charge is 0.214 e. The number of hydrogen-bond donors (Lipinski definition) is 1. The molecule has 0 aliphatic heterocycles. The highest BCUT2D eigenvalue weighted by Gasteiger charge is 2.34. The summed E-state index contributed by atoms with van der Waals surface area (Å²) >= 11 is 35.9. The molecule has 1 heterocycles. The number of hydrogen-bond acceptors (Lipinski definition) is 2. The number of anilines is 1. The molecular formula is C13H8Cl6N2. The summed E-state index contributed by atoms with van der Waals surface area (Å²) in [4.78, 5) is 4.10. The van der Waals surface area contributed by atoms with E-state index in [2.05, 4.69) is 10.3 Å². The van der Waals surface area contributed by atoms with E-state index in [9.17, 15) is 0 Å². The summed E-state index contributed by atoms with van der Waals surface area (Å²) in [7, 11) is 0. The van der Waals surface area contributed by atoms with E-state index in [0.717, 1.165) is 5.56 Å². The zero-order chi connectivity index (χ0) is 15.6. The van der Waals surface area contributed by atoms with Crippen LogP contribution in [0.1, 0.15) is 11.6 Å². The van der Waals surface area contributed by atoms with Crippen molar-refractivity contribution in [2.45, 2.75) is 9.83 Å². The topological polar surface area (TPSA) is 24.9 Å². The molecular weight excluding hydrogens is 397 g/mol. The summed E-state index contributed by atoms with van der Waals surface area (Å²) in [5, 5.41) is 4.35. The van der Waals surface area contributed by atoms with Crippen LogP contribution in [0.25, 0.3) is 0 Å². The molecule has 1 unspecified atom stereocenters. The van der Waals surface area contributed by atoms with Gasteiger partial charge in [-0.25, -0.2) is 4.98 Å². The lowest BCUT2D eigenvalue weighted by Gasteiger charge is -2.27. The van der Waals surface area contributed by atoms with Crippen LogP contribution in [-0.4, -0.2) is 8.78 Å². The number of halogens is 6. The van der Waals surface area contributed by atoms with Crippen LogP contribution in [0.2, 0.25) is 15.1 Å². The number of benzene rings is 1. The molecule has 0 spiro atoms. The quantitative estimate of drug-likeness (QED) is 0.585. The van der Waals surface area contributed by atoms with Crippen LogP contribution >= 0.6 is 69.6 Å². The number of nitrogens with one attached hydrogen (secondary N) is 1. The van der Waals surface area contributed by atoms with Gasteiger partial charge in [-0.3, -0.25) is 0 Å². The average Bonchev–Trinajstić information content (AvgIpc) is 2.38. The van der Waals surface area contributed by atoms with Crippen molar-refractivity contribution in [2.24, 2.45) is 0 Å². The predicted molar refractivity (Wildman–Crippen MR) is 92.4 cm³/mol. The largest absolute Gasteiger partial charge is 0.358 e. The number of alkyl halides is 3. The Bertz CT molecular complexity index is 624. The van der Waals surface area contributed by atoms with Crippen molar-refractivity contribution in [1.29, 1.82) is 0 Å². The number of rotatable bonds is 3. The van der Waals surface area contributed by atoms with E-state index in [-0.39, 0.29) is 0 Å². The second-order valence-electron chi connectivity index (χ2n) is 4.15. The molecule has 112 valence electrons. The first-order valence-electron chi connectivity index (χ1n) is 5.67. The molecule has 2 nitrogen and oxygen atoms in total. The van der Waals surface area contributed by atoms with Crippen molar-refractivity contribution >= 4 is 75.4 Å². The minimum Gasteiger partial charge on any atom is -0.358 e. The van der Waals surface area contributed by atoms with Gasteiger partial charge in [-0.1, -0.05) is 81.7 Å². The maximum Gasteiger partial charge on any atom is 0.214 e. The second kappa shape index (κ2) is 6.99. The molecule has 1 aromatic carbocycles. The van der Waals surface area contributed by atoms with Gasteiger partial charge in [-0.05, 0) is 23.8 Å². The zero-order valence-corrected chi connectivity index (χ0v) is 14.8. The molecule has 21 heavy (non-hydrogen) atoms. The SMILES string of the molecule is Clc1ccc(C(Nc2ncc(Cl)cc2Cl)C(Cl)(Cl)Cl)cc1. The molecule has 0 aliphatic carbocycles. The molecule has 0 amide bonds. The molecule has 8 heteroatoms. The van der Waals surface area contributed by atoms with Gasteiger partial charge in [0.15, 0.2) is 0 Å². The fourth-order valence-electron chi connectivity index (χ4n) is 1.67. The van der Waals surface area contributed by atoms with Gasteiger partial charge in [0.25, 0.3) is 0 Å². The Kier molecular flexibility index (Phi) is 5.75. The Morgan fingerprint density at radius 3 is 2.10 bits per heavy atom. The van der Waals surface area contributed by atoms with Crippen LogP contribution in [0.4, 0.5) is 5.82 Å². The predicted octanol–water partition coefficient (Wildman–Crippen LogP) is 6.57. The van der Waals surface area contributed by atoms with Crippen LogP contribution in [0, 0.1) is 0 Å². The fraction of sp³-hybridized carbons (Fsp3) is 0.154. The van der Waals surface area contributed by atoms with Gasteiger partial charge in [0.1, 0.15) is 5.82 Å². The maximum atomic E-state index is 6.08. The maximum absolute atomic E-state index is 6.08. The summed E-state index contributed by atoms with van der Waals surface area (Å²) in [6.45, 7) is 0. The van der Waals surface area contributed by atoms with Gasteiger partial charge in [0.05, 0.1) is 16.1 Å². The van der Waals surface area contributed by atoms with Gasteiger partial charge in [0, 0.05) is 11.2 Å². The minimum atomic E-state index is -1.61. The van der Waals surface area contributed by atoms with Crippen molar-refractivity contribution in [2.75, 3.05) is 5.32 Å². The molecule has 0 bridgehead atoms. The highest BCUT2D eigenvalue weighted by atomic mass is 35.6. The minimum absolute atomic E-state index is 0.329. The van der Waals surface area contributed by atoms with E-state index in [1.54, 1.807) is 30.3 Å². The summed E-state index contributed by atoms with van der Waals surface area (Å²) < 4.78 is -1.61. The monoisotopic (exact) mass is 402 g/mol. The highest BCUT2D eigenvalue weighted by Crippen LogP contribution is 2.42. The van der Waals surface area contributed by atoms with Crippen LogP contribution in [0.5, 0.6) is 0 Å². The number of pyridine rings is 1. The molecule has 0 saturated carbocycles. The van der Waals surface area contributed by atoms with E-state index >= 15 is 0 Å². The first-order valence-corrected chi connectivity index (χ1v) is 7.94. The van der Waals surface area contributed by atoms with Crippen molar-refractivity contribution in [3.8, 4) is 0 Å². The first kappa shape index (κ1) is 17.3. The number of nitrogens with zero attached hydrogens (tertiary/aromatic N) is 1. The van der Waals surface area contributed by atoms with E-state index in [1.807, 2.05) is 0 Å². The molecule has 0 radical (unpaired) electrons. The van der Waals surface area contributed by atoms with Crippen LogP contribution in [-0.2, 0) is 0 Å². The Labute approximate surface area is 152 Å². The van der Waals surface area contributed by atoms with Crippen LogP contribution < -0.4 is 5.32 Å². The molecule has 2 rings (SSSR count). The lowest BCUT2D eigenvalue weighted by Crippen LogP contribution is -2.25.